The zero-order chi connectivity index (χ0) is 19.5. The summed E-state index contributed by atoms with van der Waals surface area (Å²) >= 11 is 0. The Morgan fingerprint density at radius 1 is 1.17 bits per heavy atom. The fourth-order valence-electron chi connectivity index (χ4n) is 4.07. The molecule has 154 valence electrons. The molecule has 3 aromatic rings. The molecule has 4 nitrogen and oxygen atoms in total. The van der Waals surface area contributed by atoms with Gasteiger partial charge in [0.05, 0.1) is 18.2 Å². The van der Waals surface area contributed by atoms with Gasteiger partial charge in [0, 0.05) is 18.1 Å². The molecule has 0 bridgehead atoms. The molecule has 0 aliphatic carbocycles. The number of carbonyl (C=O) groups is 1. The minimum atomic E-state index is -0.333. The summed E-state index contributed by atoms with van der Waals surface area (Å²) in [5, 5.41) is 4.49. The van der Waals surface area contributed by atoms with Gasteiger partial charge in [-0.25, -0.2) is 9.18 Å². The average molecular weight is 417 g/mol. The number of rotatable bonds is 5. The Bertz CT molecular complexity index is 978. The Balaban J connectivity index is 0.00000240. The second-order valence-electron chi connectivity index (χ2n) is 7.53. The Kier molecular flexibility index (Phi) is 6.93. The molecule has 1 N–H and O–H groups in total. The van der Waals surface area contributed by atoms with Crippen LogP contribution in [0, 0.1) is 11.7 Å². The van der Waals surface area contributed by atoms with Crippen LogP contribution >= 0.6 is 12.4 Å². The number of aromatic nitrogens is 1. The van der Waals surface area contributed by atoms with Gasteiger partial charge in [0.2, 0.25) is 0 Å². The Morgan fingerprint density at radius 2 is 1.90 bits per heavy atom. The molecular formula is C23H26ClFN2O2. The molecule has 0 saturated carbocycles. The molecule has 0 radical (unpaired) electrons. The molecule has 1 saturated heterocycles. The molecule has 0 spiro atoms. The number of nitrogens with zero attached hydrogens (tertiary/aromatic N) is 1. The molecule has 29 heavy (non-hydrogen) atoms. The van der Waals surface area contributed by atoms with Gasteiger partial charge < -0.3 is 14.6 Å². The zero-order valence-electron chi connectivity index (χ0n) is 16.5. The molecule has 1 fully saturated rings. The van der Waals surface area contributed by atoms with Crippen molar-refractivity contribution in [1.29, 1.82) is 0 Å². The number of fused-ring (bicyclic) bond motifs is 1. The van der Waals surface area contributed by atoms with Crippen LogP contribution in [0.3, 0.4) is 0 Å². The van der Waals surface area contributed by atoms with Crippen molar-refractivity contribution in [2.24, 2.45) is 5.92 Å². The van der Waals surface area contributed by atoms with E-state index in [1.165, 1.54) is 18.7 Å². The van der Waals surface area contributed by atoms with E-state index in [9.17, 15) is 9.18 Å². The summed E-state index contributed by atoms with van der Waals surface area (Å²) in [6.07, 6.45) is 5.21. The smallest absolute Gasteiger partial charge is 0.337 e. The van der Waals surface area contributed by atoms with Crippen molar-refractivity contribution in [2.75, 3.05) is 20.2 Å². The van der Waals surface area contributed by atoms with Gasteiger partial charge in [0.15, 0.2) is 0 Å². The van der Waals surface area contributed by atoms with Crippen molar-refractivity contribution < 1.29 is 13.9 Å². The van der Waals surface area contributed by atoms with Crippen LogP contribution in [-0.4, -0.2) is 30.7 Å². The number of methoxy groups -OCH3 is 1. The highest BCUT2D eigenvalue weighted by Crippen LogP contribution is 2.27. The van der Waals surface area contributed by atoms with E-state index in [-0.39, 0.29) is 24.2 Å². The lowest BCUT2D eigenvalue weighted by atomic mass is 9.98. The van der Waals surface area contributed by atoms with Gasteiger partial charge >= 0.3 is 5.97 Å². The number of benzene rings is 2. The second kappa shape index (κ2) is 9.42. The first-order valence-electron chi connectivity index (χ1n) is 9.79. The highest BCUT2D eigenvalue weighted by Gasteiger charge is 2.17. The molecule has 2 heterocycles. The molecule has 1 aliphatic rings. The first kappa shape index (κ1) is 21.3. The molecule has 1 aliphatic heterocycles. The van der Waals surface area contributed by atoms with Gasteiger partial charge in [-0.2, -0.15) is 0 Å². The van der Waals surface area contributed by atoms with E-state index in [1.54, 1.807) is 18.2 Å². The van der Waals surface area contributed by atoms with Crippen molar-refractivity contribution in [3.63, 3.8) is 0 Å². The minimum absolute atomic E-state index is 0. The fraction of sp³-hybridized carbons (Fsp3) is 0.348. The standard InChI is InChI=1S/C23H25FN2O2.ClH/c1-28-23(27)18-4-2-16(3-5-18)12-19-15-26(14-17-8-10-25-11-9-17)22-13-20(24)6-7-21(19)22;/h2-7,13,15,17,25H,8-12,14H2,1H3;1H. The van der Waals surface area contributed by atoms with Gasteiger partial charge in [-0.1, -0.05) is 12.1 Å². The molecule has 0 atom stereocenters. The third kappa shape index (κ3) is 4.80. The maximum atomic E-state index is 13.9. The topological polar surface area (TPSA) is 43.3 Å². The van der Waals surface area contributed by atoms with E-state index in [1.807, 2.05) is 18.2 Å². The SMILES string of the molecule is COC(=O)c1ccc(Cc2cn(CC3CCNCC3)c3cc(F)ccc23)cc1.Cl. The number of esters is 1. The Hall–Kier alpha value is -2.37. The first-order chi connectivity index (χ1) is 13.6. The molecule has 6 heteroatoms. The molecular weight excluding hydrogens is 391 g/mol. The highest BCUT2D eigenvalue weighted by molar-refractivity contribution is 5.89. The number of nitrogens with one attached hydrogen (secondary N) is 1. The number of hydrogen-bond acceptors (Lipinski definition) is 3. The summed E-state index contributed by atoms with van der Waals surface area (Å²) in [4.78, 5) is 11.6. The summed E-state index contributed by atoms with van der Waals surface area (Å²) in [7, 11) is 1.38. The van der Waals surface area contributed by atoms with Gasteiger partial charge in [0.1, 0.15) is 5.82 Å². The minimum Gasteiger partial charge on any atom is -0.465 e. The lowest BCUT2D eigenvalue weighted by Gasteiger charge is -2.23. The largest absolute Gasteiger partial charge is 0.465 e. The van der Waals surface area contributed by atoms with Crippen LogP contribution in [0.25, 0.3) is 10.9 Å². The van der Waals surface area contributed by atoms with E-state index >= 15 is 0 Å². The number of halogens is 2. The summed E-state index contributed by atoms with van der Waals surface area (Å²) in [5.74, 6) is 0.0825. The lowest BCUT2D eigenvalue weighted by molar-refractivity contribution is 0.0600. The molecule has 1 aromatic heterocycles. The number of carbonyl (C=O) groups excluding carboxylic acids is 1. The van der Waals surface area contributed by atoms with E-state index in [0.717, 1.165) is 55.4 Å². The van der Waals surface area contributed by atoms with Gasteiger partial charge in [-0.05, 0) is 79.7 Å². The van der Waals surface area contributed by atoms with Crippen LogP contribution in [0.5, 0.6) is 0 Å². The normalized spacial score (nSPS) is 14.6. The maximum Gasteiger partial charge on any atom is 0.337 e. The predicted molar refractivity (Wildman–Crippen MR) is 115 cm³/mol. The summed E-state index contributed by atoms with van der Waals surface area (Å²) in [6, 6.07) is 12.5. The van der Waals surface area contributed by atoms with E-state index in [0.29, 0.717) is 11.5 Å². The fourth-order valence-corrected chi connectivity index (χ4v) is 4.07. The monoisotopic (exact) mass is 416 g/mol. The first-order valence-corrected chi connectivity index (χ1v) is 9.79. The summed E-state index contributed by atoms with van der Waals surface area (Å²) in [5.41, 5.74) is 3.79. The predicted octanol–water partition coefficient (Wildman–Crippen LogP) is 4.58. The second-order valence-corrected chi connectivity index (χ2v) is 7.53. The Labute approximate surface area is 176 Å². The van der Waals surface area contributed by atoms with Crippen LogP contribution < -0.4 is 5.32 Å². The zero-order valence-corrected chi connectivity index (χ0v) is 17.3. The number of hydrogen-bond donors (Lipinski definition) is 1. The van der Waals surface area contributed by atoms with Gasteiger partial charge in [-0.3, -0.25) is 0 Å². The highest BCUT2D eigenvalue weighted by atomic mass is 35.5. The summed E-state index contributed by atoms with van der Waals surface area (Å²) < 4.78 is 20.9. The van der Waals surface area contributed by atoms with E-state index in [2.05, 4.69) is 16.1 Å². The third-order valence-electron chi connectivity index (χ3n) is 5.61. The average Bonchev–Trinajstić information content (AvgIpc) is 3.05. The van der Waals surface area contributed by atoms with Crippen molar-refractivity contribution in [2.45, 2.75) is 25.8 Å². The van der Waals surface area contributed by atoms with Crippen LogP contribution in [-0.2, 0) is 17.7 Å². The number of piperidine rings is 1. The number of ether oxygens (including phenoxy) is 1. The molecule has 0 amide bonds. The Morgan fingerprint density at radius 3 is 2.59 bits per heavy atom. The van der Waals surface area contributed by atoms with Crippen molar-refractivity contribution in [1.82, 2.24) is 9.88 Å². The summed E-state index contributed by atoms with van der Waals surface area (Å²) in [6.45, 7) is 3.03. The van der Waals surface area contributed by atoms with Crippen LogP contribution in [0.1, 0.15) is 34.3 Å². The molecule has 4 rings (SSSR count). The molecule has 2 aromatic carbocycles. The van der Waals surface area contributed by atoms with Gasteiger partial charge in [-0.15, -0.1) is 12.4 Å². The van der Waals surface area contributed by atoms with Crippen molar-refractivity contribution in [3.8, 4) is 0 Å². The van der Waals surface area contributed by atoms with E-state index < -0.39 is 0 Å². The third-order valence-corrected chi connectivity index (χ3v) is 5.61. The lowest BCUT2D eigenvalue weighted by Crippen LogP contribution is -2.29. The van der Waals surface area contributed by atoms with E-state index in [4.69, 9.17) is 4.74 Å². The van der Waals surface area contributed by atoms with Crippen molar-refractivity contribution in [3.05, 3.63) is 71.2 Å². The quantitative estimate of drug-likeness (QED) is 0.619. The molecule has 0 unspecified atom stereocenters. The van der Waals surface area contributed by atoms with Crippen LogP contribution in [0.15, 0.2) is 48.7 Å². The maximum absolute atomic E-state index is 13.9. The van der Waals surface area contributed by atoms with Crippen LogP contribution in [0.4, 0.5) is 4.39 Å². The van der Waals surface area contributed by atoms with Crippen molar-refractivity contribution >= 4 is 29.3 Å². The van der Waals surface area contributed by atoms with Crippen LogP contribution in [0.2, 0.25) is 0 Å². The van der Waals surface area contributed by atoms with Gasteiger partial charge in [0.25, 0.3) is 0 Å².